The van der Waals surface area contributed by atoms with Gasteiger partial charge in [-0.3, -0.25) is 9.78 Å². The van der Waals surface area contributed by atoms with Gasteiger partial charge in [0.25, 0.3) is 0 Å². The Balaban J connectivity index is 1.52. The number of benzene rings is 2. The highest BCUT2D eigenvalue weighted by atomic mass is 32.1. The van der Waals surface area contributed by atoms with Gasteiger partial charge in [-0.1, -0.05) is 42.0 Å². The topological polar surface area (TPSA) is 62.2 Å². The van der Waals surface area contributed by atoms with E-state index >= 15 is 0 Å². The van der Waals surface area contributed by atoms with Gasteiger partial charge >= 0.3 is 0 Å². The molecule has 0 unspecified atom stereocenters. The summed E-state index contributed by atoms with van der Waals surface area (Å²) in [7, 11) is 0. The van der Waals surface area contributed by atoms with E-state index in [4.69, 9.17) is 12.2 Å². The van der Waals surface area contributed by atoms with Crippen LogP contribution in [-0.4, -0.2) is 32.0 Å². The number of aromatic nitrogens is 2. The number of hydrogen-bond acceptors (Lipinski definition) is 3. The second-order valence-corrected chi connectivity index (χ2v) is 10.8. The van der Waals surface area contributed by atoms with Crippen LogP contribution in [0.2, 0.25) is 0 Å². The van der Waals surface area contributed by atoms with E-state index in [1.165, 1.54) is 33.6 Å². The number of rotatable bonds is 7. The molecular formula is C32H35N5OS. The van der Waals surface area contributed by atoms with Crippen LogP contribution in [0.3, 0.4) is 0 Å². The van der Waals surface area contributed by atoms with E-state index in [0.717, 1.165) is 17.1 Å². The smallest absolute Gasteiger partial charge is 0.226 e. The average molecular weight is 538 g/mol. The molecular weight excluding hydrogens is 502 g/mol. The van der Waals surface area contributed by atoms with Crippen LogP contribution in [0.4, 0.5) is 5.69 Å². The third-order valence-electron chi connectivity index (χ3n) is 7.48. The predicted molar refractivity (Wildman–Crippen MR) is 161 cm³/mol. The second-order valence-electron chi connectivity index (χ2n) is 10.4. The van der Waals surface area contributed by atoms with Gasteiger partial charge in [-0.05, 0) is 93.9 Å². The van der Waals surface area contributed by atoms with E-state index in [0.29, 0.717) is 18.1 Å². The number of para-hydroxylation sites is 1. The minimum absolute atomic E-state index is 0.0413. The minimum atomic E-state index is -0.134. The quantitative estimate of drug-likeness (QED) is 0.267. The summed E-state index contributed by atoms with van der Waals surface area (Å²) in [4.78, 5) is 19.7. The van der Waals surface area contributed by atoms with Gasteiger partial charge in [0.2, 0.25) is 5.91 Å². The Morgan fingerprint density at radius 2 is 1.67 bits per heavy atom. The maximum absolute atomic E-state index is 12.9. The summed E-state index contributed by atoms with van der Waals surface area (Å²) in [6.07, 6.45) is 2.13. The van der Waals surface area contributed by atoms with E-state index in [2.05, 4.69) is 77.9 Å². The van der Waals surface area contributed by atoms with Crippen molar-refractivity contribution in [1.29, 1.82) is 0 Å². The van der Waals surface area contributed by atoms with Crippen molar-refractivity contribution in [2.75, 3.05) is 11.9 Å². The summed E-state index contributed by atoms with van der Waals surface area (Å²) in [6.45, 7) is 11.3. The fraction of sp³-hybridized carbons (Fsp3) is 0.281. The SMILES string of the molecule is Cc1cc(C)c(-n2c(C)cc([C@@H]3[C@H](c4ccccn4)NC(=S)N3CCC(=O)Nc3ccccc3)c2C)c(C)c1. The molecule has 1 aliphatic heterocycles. The van der Waals surface area contributed by atoms with Crippen molar-refractivity contribution in [2.24, 2.45) is 0 Å². The van der Waals surface area contributed by atoms with Crippen LogP contribution in [0, 0.1) is 34.6 Å². The summed E-state index contributed by atoms with van der Waals surface area (Å²) in [5, 5.41) is 7.15. The summed E-state index contributed by atoms with van der Waals surface area (Å²) < 4.78 is 2.36. The molecule has 39 heavy (non-hydrogen) atoms. The fourth-order valence-corrected chi connectivity index (χ4v) is 6.24. The number of pyridine rings is 1. The molecule has 4 aromatic rings. The normalized spacial score (nSPS) is 16.8. The van der Waals surface area contributed by atoms with Crippen molar-refractivity contribution in [3.05, 3.63) is 112 Å². The van der Waals surface area contributed by atoms with E-state index in [1.807, 2.05) is 54.7 Å². The predicted octanol–water partition coefficient (Wildman–Crippen LogP) is 6.42. The lowest BCUT2D eigenvalue weighted by Gasteiger charge is -2.28. The Bertz CT molecular complexity index is 1490. The van der Waals surface area contributed by atoms with Gasteiger partial charge in [0.05, 0.1) is 23.5 Å². The lowest BCUT2D eigenvalue weighted by Crippen LogP contribution is -2.32. The van der Waals surface area contributed by atoms with Crippen LogP contribution < -0.4 is 10.6 Å². The molecule has 2 aromatic carbocycles. The summed E-state index contributed by atoms with van der Waals surface area (Å²) in [5.41, 5.74) is 10.2. The van der Waals surface area contributed by atoms with E-state index in [-0.39, 0.29) is 18.0 Å². The van der Waals surface area contributed by atoms with Gasteiger partial charge in [-0.2, -0.15) is 0 Å². The number of anilines is 1. The van der Waals surface area contributed by atoms with E-state index in [1.54, 1.807) is 0 Å². The second kappa shape index (κ2) is 11.0. The molecule has 1 saturated heterocycles. The third-order valence-corrected chi connectivity index (χ3v) is 7.84. The number of amides is 1. The lowest BCUT2D eigenvalue weighted by molar-refractivity contribution is -0.116. The van der Waals surface area contributed by atoms with Crippen molar-refractivity contribution in [3.63, 3.8) is 0 Å². The Morgan fingerprint density at radius 1 is 0.974 bits per heavy atom. The number of nitrogens with zero attached hydrogens (tertiary/aromatic N) is 3. The first-order valence-corrected chi connectivity index (χ1v) is 13.8. The number of carbonyl (C=O) groups excluding carboxylic acids is 1. The first kappa shape index (κ1) is 26.6. The van der Waals surface area contributed by atoms with Gasteiger partial charge in [-0.25, -0.2) is 0 Å². The largest absolute Gasteiger partial charge is 0.352 e. The first-order chi connectivity index (χ1) is 18.7. The van der Waals surface area contributed by atoms with Crippen LogP contribution in [-0.2, 0) is 4.79 Å². The zero-order chi connectivity index (χ0) is 27.7. The Hall–Kier alpha value is -3.97. The third kappa shape index (κ3) is 5.32. The molecule has 1 fully saturated rings. The van der Waals surface area contributed by atoms with Gasteiger partial charge in [0, 0.05) is 36.2 Å². The van der Waals surface area contributed by atoms with E-state index in [9.17, 15) is 4.79 Å². The molecule has 0 spiro atoms. The van der Waals surface area contributed by atoms with Crippen molar-refractivity contribution >= 4 is 28.9 Å². The van der Waals surface area contributed by atoms with Crippen molar-refractivity contribution in [3.8, 4) is 5.69 Å². The molecule has 1 amide bonds. The van der Waals surface area contributed by atoms with Crippen LogP contribution in [0.5, 0.6) is 0 Å². The van der Waals surface area contributed by atoms with Crippen molar-refractivity contribution in [2.45, 2.75) is 53.1 Å². The van der Waals surface area contributed by atoms with Crippen LogP contribution in [0.15, 0.2) is 72.9 Å². The van der Waals surface area contributed by atoms with Gasteiger partial charge in [0.15, 0.2) is 5.11 Å². The standard InChI is InChI=1S/C32H35N5OS/c1-20-17-21(2)30(22(3)18-20)37-23(4)19-26(24(37)5)31-29(27-13-9-10-15-33-27)35-32(39)36(31)16-14-28(38)34-25-11-7-6-8-12-25/h6-13,15,17-19,29,31H,14,16H2,1-5H3,(H,34,38)(H,35,39)/t29-,31+/m0/s1. The highest BCUT2D eigenvalue weighted by Crippen LogP contribution is 2.42. The van der Waals surface area contributed by atoms with E-state index < -0.39 is 0 Å². The molecule has 200 valence electrons. The number of carbonyl (C=O) groups is 1. The van der Waals surface area contributed by atoms with Crippen molar-refractivity contribution in [1.82, 2.24) is 19.8 Å². The van der Waals surface area contributed by atoms with Gasteiger partial charge < -0.3 is 20.1 Å². The first-order valence-electron chi connectivity index (χ1n) is 13.3. The van der Waals surface area contributed by atoms with Crippen LogP contribution >= 0.6 is 12.2 Å². The number of aryl methyl sites for hydroxylation is 4. The molecule has 1 aliphatic rings. The summed E-state index contributed by atoms with van der Waals surface area (Å²) in [5.74, 6) is -0.0413. The monoisotopic (exact) mass is 537 g/mol. The minimum Gasteiger partial charge on any atom is -0.352 e. The molecule has 6 nitrogen and oxygen atoms in total. The van der Waals surface area contributed by atoms with Gasteiger partial charge in [0.1, 0.15) is 0 Å². The Kier molecular flexibility index (Phi) is 7.53. The average Bonchev–Trinajstić information content (AvgIpc) is 3.38. The molecule has 5 rings (SSSR count). The zero-order valence-electron chi connectivity index (χ0n) is 23.2. The Morgan fingerprint density at radius 3 is 2.33 bits per heavy atom. The molecule has 2 N–H and O–H groups in total. The zero-order valence-corrected chi connectivity index (χ0v) is 24.0. The highest BCUT2D eigenvalue weighted by Gasteiger charge is 2.41. The van der Waals surface area contributed by atoms with Gasteiger partial charge in [-0.15, -0.1) is 0 Å². The molecule has 2 atom stereocenters. The summed E-state index contributed by atoms with van der Waals surface area (Å²) >= 11 is 5.86. The maximum Gasteiger partial charge on any atom is 0.226 e. The molecule has 0 aliphatic carbocycles. The molecule has 0 saturated carbocycles. The molecule has 0 bridgehead atoms. The molecule has 3 heterocycles. The summed E-state index contributed by atoms with van der Waals surface area (Å²) in [6, 6.07) is 22.0. The van der Waals surface area contributed by atoms with Crippen molar-refractivity contribution < 1.29 is 4.79 Å². The molecule has 7 heteroatoms. The number of thiocarbonyl (C=S) groups is 1. The number of hydrogen-bond donors (Lipinski definition) is 2. The number of nitrogens with one attached hydrogen (secondary N) is 2. The fourth-order valence-electron chi connectivity index (χ4n) is 5.91. The van der Waals surface area contributed by atoms with Crippen LogP contribution in [0.1, 0.15) is 57.8 Å². The molecule has 0 radical (unpaired) electrons. The molecule has 2 aromatic heterocycles. The lowest BCUT2D eigenvalue weighted by atomic mass is 9.96. The maximum atomic E-state index is 12.9. The Labute approximate surface area is 236 Å². The highest BCUT2D eigenvalue weighted by molar-refractivity contribution is 7.80. The van der Waals surface area contributed by atoms with Crippen LogP contribution in [0.25, 0.3) is 5.69 Å².